The van der Waals surface area contributed by atoms with Gasteiger partial charge in [-0.2, -0.15) is 9.40 Å². The first-order chi connectivity index (χ1) is 9.39. The Balaban J connectivity index is 3.21. The smallest absolute Gasteiger partial charge is 0.246 e. The fourth-order valence-electron chi connectivity index (χ4n) is 2.32. The molecular weight excluding hydrogens is 278 g/mol. The maximum Gasteiger partial charge on any atom is 0.246 e. The second-order valence-corrected chi connectivity index (χ2v) is 6.67. The molecule has 0 aliphatic carbocycles. The molecule has 0 unspecified atom stereocenters. The Morgan fingerprint density at radius 2 is 1.95 bits per heavy atom. The molecule has 0 radical (unpaired) electrons. The van der Waals surface area contributed by atoms with E-state index in [4.69, 9.17) is 5.11 Å². The van der Waals surface area contributed by atoms with Crippen LogP contribution in [0, 0.1) is 13.8 Å². The van der Waals surface area contributed by atoms with Gasteiger partial charge in [0.25, 0.3) is 0 Å². The number of aliphatic hydroxyl groups excluding tert-OH is 1. The van der Waals surface area contributed by atoms with Crippen molar-refractivity contribution in [2.45, 2.75) is 52.0 Å². The van der Waals surface area contributed by atoms with Gasteiger partial charge >= 0.3 is 0 Å². The summed E-state index contributed by atoms with van der Waals surface area (Å²) in [5, 5.41) is 13.2. The Hall–Kier alpha value is -0.920. The van der Waals surface area contributed by atoms with Crippen molar-refractivity contribution in [2.75, 3.05) is 19.7 Å². The molecule has 0 bridgehead atoms. The summed E-state index contributed by atoms with van der Waals surface area (Å²) in [7, 11) is -3.49. The molecule has 0 fully saturated rings. The molecule has 0 aliphatic heterocycles. The average Bonchev–Trinajstić information content (AvgIpc) is 2.68. The van der Waals surface area contributed by atoms with Crippen molar-refractivity contribution in [3.05, 3.63) is 11.4 Å². The number of aromatic nitrogens is 2. The molecule has 7 heteroatoms. The van der Waals surface area contributed by atoms with Crippen molar-refractivity contribution in [1.29, 1.82) is 0 Å². The zero-order valence-corrected chi connectivity index (χ0v) is 13.6. The molecule has 0 saturated heterocycles. The van der Waals surface area contributed by atoms with E-state index < -0.39 is 10.0 Å². The number of hydrogen-bond acceptors (Lipinski definition) is 4. The van der Waals surface area contributed by atoms with Gasteiger partial charge in [0.1, 0.15) is 4.90 Å². The minimum atomic E-state index is -3.49. The van der Waals surface area contributed by atoms with Crippen LogP contribution in [0.3, 0.4) is 0 Å². The lowest BCUT2D eigenvalue weighted by molar-refractivity contribution is 0.276. The van der Waals surface area contributed by atoms with Gasteiger partial charge in [0.05, 0.1) is 11.4 Å². The van der Waals surface area contributed by atoms with Crippen molar-refractivity contribution in [3.63, 3.8) is 0 Å². The van der Waals surface area contributed by atoms with Gasteiger partial charge < -0.3 is 5.11 Å². The van der Waals surface area contributed by atoms with Crippen LogP contribution in [0.5, 0.6) is 0 Å². The van der Waals surface area contributed by atoms with Crippen molar-refractivity contribution >= 4 is 10.0 Å². The van der Waals surface area contributed by atoms with Gasteiger partial charge in [-0.25, -0.2) is 8.42 Å². The van der Waals surface area contributed by atoms with E-state index in [0.29, 0.717) is 42.3 Å². The third kappa shape index (κ3) is 3.39. The Morgan fingerprint density at radius 1 is 1.30 bits per heavy atom. The molecule has 1 heterocycles. The van der Waals surface area contributed by atoms with E-state index in [9.17, 15) is 8.42 Å². The fraction of sp³-hybridized carbons (Fsp3) is 0.769. The first-order valence-electron chi connectivity index (χ1n) is 7.05. The summed E-state index contributed by atoms with van der Waals surface area (Å²) in [6.45, 7) is 8.85. The molecule has 0 saturated carbocycles. The van der Waals surface area contributed by atoms with Gasteiger partial charge in [-0.3, -0.25) is 4.68 Å². The Morgan fingerprint density at radius 3 is 2.45 bits per heavy atom. The van der Waals surface area contributed by atoms with Crippen LogP contribution in [0.15, 0.2) is 4.90 Å². The fourth-order valence-corrected chi connectivity index (χ4v) is 4.23. The van der Waals surface area contributed by atoms with Crippen LogP contribution in [0.1, 0.15) is 38.1 Å². The van der Waals surface area contributed by atoms with Gasteiger partial charge in [-0.15, -0.1) is 0 Å². The van der Waals surface area contributed by atoms with E-state index in [-0.39, 0.29) is 6.61 Å². The molecular formula is C13H25N3O3S. The summed E-state index contributed by atoms with van der Waals surface area (Å²) in [5.41, 5.74) is 1.17. The number of sulfonamides is 1. The predicted octanol–water partition coefficient (Wildman–Crippen LogP) is 1.30. The van der Waals surface area contributed by atoms with Crippen LogP contribution in [0.4, 0.5) is 0 Å². The van der Waals surface area contributed by atoms with Crippen LogP contribution in [0.25, 0.3) is 0 Å². The molecule has 0 aromatic carbocycles. The number of aryl methyl sites for hydroxylation is 2. The van der Waals surface area contributed by atoms with Gasteiger partial charge in [-0.1, -0.05) is 13.8 Å². The standard InChI is InChI=1S/C13H25N3O3S/c1-5-8-15(6-2)20(18,19)13-11(3)14-16(12(13)4)9-7-10-17/h17H,5-10H2,1-4H3. The third-order valence-electron chi connectivity index (χ3n) is 3.27. The number of nitrogens with zero attached hydrogens (tertiary/aromatic N) is 3. The summed E-state index contributed by atoms with van der Waals surface area (Å²) in [5.74, 6) is 0. The third-order valence-corrected chi connectivity index (χ3v) is 5.49. The molecule has 1 aromatic heterocycles. The number of hydrogen-bond donors (Lipinski definition) is 1. The zero-order chi connectivity index (χ0) is 15.3. The van der Waals surface area contributed by atoms with E-state index in [2.05, 4.69) is 5.10 Å². The van der Waals surface area contributed by atoms with E-state index in [1.54, 1.807) is 18.5 Å². The number of rotatable bonds is 8. The molecule has 116 valence electrons. The summed E-state index contributed by atoms with van der Waals surface area (Å²) < 4.78 is 28.6. The quantitative estimate of drug-likeness (QED) is 0.785. The highest BCUT2D eigenvalue weighted by molar-refractivity contribution is 7.89. The first-order valence-corrected chi connectivity index (χ1v) is 8.49. The zero-order valence-electron chi connectivity index (χ0n) is 12.8. The van der Waals surface area contributed by atoms with Gasteiger partial charge in [0, 0.05) is 26.2 Å². The summed E-state index contributed by atoms with van der Waals surface area (Å²) >= 11 is 0. The summed E-state index contributed by atoms with van der Waals surface area (Å²) in [6, 6.07) is 0. The van der Waals surface area contributed by atoms with Gasteiger partial charge in [0.2, 0.25) is 10.0 Å². The van der Waals surface area contributed by atoms with Gasteiger partial charge in [0.15, 0.2) is 0 Å². The lowest BCUT2D eigenvalue weighted by atomic mass is 10.4. The van der Waals surface area contributed by atoms with Crippen molar-refractivity contribution in [2.24, 2.45) is 0 Å². The summed E-state index contributed by atoms with van der Waals surface area (Å²) in [6.07, 6.45) is 1.34. The maximum atomic E-state index is 12.7. The van der Waals surface area contributed by atoms with Crippen LogP contribution in [-0.2, 0) is 16.6 Å². The maximum absolute atomic E-state index is 12.7. The van der Waals surface area contributed by atoms with Crippen LogP contribution >= 0.6 is 0 Å². The lowest BCUT2D eigenvalue weighted by Crippen LogP contribution is -2.32. The largest absolute Gasteiger partial charge is 0.396 e. The topological polar surface area (TPSA) is 75.4 Å². The number of aliphatic hydroxyl groups is 1. The monoisotopic (exact) mass is 303 g/mol. The molecule has 6 nitrogen and oxygen atoms in total. The SMILES string of the molecule is CCCN(CC)S(=O)(=O)c1c(C)nn(CCCO)c1C. The highest BCUT2D eigenvalue weighted by atomic mass is 32.2. The second-order valence-electron chi connectivity index (χ2n) is 4.80. The molecule has 0 spiro atoms. The van der Waals surface area contributed by atoms with E-state index in [0.717, 1.165) is 6.42 Å². The van der Waals surface area contributed by atoms with Crippen molar-refractivity contribution in [1.82, 2.24) is 14.1 Å². The van der Waals surface area contributed by atoms with Gasteiger partial charge in [-0.05, 0) is 26.7 Å². The van der Waals surface area contributed by atoms with Crippen LogP contribution < -0.4 is 0 Å². The Labute approximate surface area is 121 Å². The lowest BCUT2D eigenvalue weighted by Gasteiger charge is -2.19. The van der Waals surface area contributed by atoms with E-state index >= 15 is 0 Å². The Kier molecular flexibility index (Phi) is 6.16. The molecule has 1 rings (SSSR count). The van der Waals surface area contributed by atoms with Crippen molar-refractivity contribution in [3.8, 4) is 0 Å². The Bertz CT molecular complexity index is 537. The predicted molar refractivity (Wildman–Crippen MR) is 78.1 cm³/mol. The molecule has 0 atom stereocenters. The molecule has 0 amide bonds. The van der Waals surface area contributed by atoms with Crippen LogP contribution in [0.2, 0.25) is 0 Å². The molecule has 20 heavy (non-hydrogen) atoms. The summed E-state index contributed by atoms with van der Waals surface area (Å²) in [4.78, 5) is 0.311. The molecule has 1 N–H and O–H groups in total. The van der Waals surface area contributed by atoms with Crippen LogP contribution in [-0.4, -0.2) is 47.3 Å². The molecule has 1 aromatic rings. The minimum Gasteiger partial charge on any atom is -0.396 e. The highest BCUT2D eigenvalue weighted by Crippen LogP contribution is 2.23. The second kappa shape index (κ2) is 7.19. The molecule has 0 aliphatic rings. The minimum absolute atomic E-state index is 0.0668. The van der Waals surface area contributed by atoms with E-state index in [1.807, 2.05) is 13.8 Å². The average molecular weight is 303 g/mol. The highest BCUT2D eigenvalue weighted by Gasteiger charge is 2.29. The first kappa shape index (κ1) is 17.1. The normalized spacial score (nSPS) is 12.3. The van der Waals surface area contributed by atoms with Crippen molar-refractivity contribution < 1.29 is 13.5 Å². The van der Waals surface area contributed by atoms with E-state index in [1.165, 1.54) is 4.31 Å².